The first-order chi connectivity index (χ1) is 13.9. The van der Waals surface area contributed by atoms with Crippen LogP contribution in [0.2, 0.25) is 0 Å². The van der Waals surface area contributed by atoms with Crippen molar-refractivity contribution in [1.29, 1.82) is 0 Å². The molecule has 154 valence electrons. The smallest absolute Gasteiger partial charge is 0.414 e. The van der Waals surface area contributed by atoms with E-state index in [0.29, 0.717) is 6.54 Å². The van der Waals surface area contributed by atoms with Gasteiger partial charge in [-0.3, -0.25) is 9.69 Å². The van der Waals surface area contributed by atoms with Crippen LogP contribution in [0.1, 0.15) is 12.8 Å². The number of rotatable bonds is 5. The van der Waals surface area contributed by atoms with Gasteiger partial charge in [0.2, 0.25) is 5.91 Å². The Balaban J connectivity index is 0.000000438. The molecule has 1 aliphatic heterocycles. The van der Waals surface area contributed by atoms with E-state index in [2.05, 4.69) is 29.2 Å². The van der Waals surface area contributed by atoms with E-state index in [0.717, 1.165) is 18.8 Å². The maximum atomic E-state index is 12.4. The van der Waals surface area contributed by atoms with Crippen molar-refractivity contribution in [2.45, 2.75) is 22.6 Å². The molecule has 1 heterocycles. The highest BCUT2D eigenvalue weighted by atomic mass is 32.2. The van der Waals surface area contributed by atoms with Gasteiger partial charge >= 0.3 is 11.9 Å². The number of hydrogen-bond acceptors (Lipinski definition) is 5. The lowest BCUT2D eigenvalue weighted by Gasteiger charge is -2.21. The normalized spacial score (nSPS) is 13.3. The molecule has 8 heteroatoms. The Morgan fingerprint density at radius 2 is 1.41 bits per heavy atom. The monoisotopic (exact) mass is 416 g/mol. The Bertz CT molecular complexity index is 809. The Kier molecular flexibility index (Phi) is 8.69. The third kappa shape index (κ3) is 7.59. The fourth-order valence-corrected chi connectivity index (χ4v) is 3.58. The van der Waals surface area contributed by atoms with Gasteiger partial charge in [0, 0.05) is 22.5 Å². The maximum absolute atomic E-state index is 12.4. The molecule has 0 radical (unpaired) electrons. The standard InChI is InChI=1S/C19H22N2OS.C2H2O4/c1-20(19(22)15-21-13-5-6-14-21)16-9-11-18(12-10-16)23-17-7-3-2-4-8-17;3-1(4)2(5)6/h2-4,7-12H,5-6,13-15H2,1H3;(H,3,4)(H,5,6). The molecule has 0 atom stereocenters. The third-order valence-electron chi connectivity index (χ3n) is 4.32. The summed E-state index contributed by atoms with van der Waals surface area (Å²) in [7, 11) is 1.86. The van der Waals surface area contributed by atoms with E-state index in [1.54, 1.807) is 16.7 Å². The zero-order chi connectivity index (χ0) is 21.2. The Labute approximate surface area is 173 Å². The van der Waals surface area contributed by atoms with Gasteiger partial charge in [-0.1, -0.05) is 30.0 Å². The summed E-state index contributed by atoms with van der Waals surface area (Å²) in [4.78, 5) is 36.9. The van der Waals surface area contributed by atoms with Crippen LogP contribution in [-0.4, -0.2) is 59.6 Å². The lowest BCUT2D eigenvalue weighted by molar-refractivity contribution is -0.159. The van der Waals surface area contributed by atoms with Crippen molar-refractivity contribution in [1.82, 2.24) is 4.90 Å². The van der Waals surface area contributed by atoms with Gasteiger partial charge in [-0.15, -0.1) is 0 Å². The average molecular weight is 416 g/mol. The molecule has 7 nitrogen and oxygen atoms in total. The number of nitrogens with zero attached hydrogens (tertiary/aromatic N) is 2. The Morgan fingerprint density at radius 3 is 1.93 bits per heavy atom. The van der Waals surface area contributed by atoms with Gasteiger partial charge in [-0.05, 0) is 62.3 Å². The van der Waals surface area contributed by atoms with Crippen LogP contribution in [0.4, 0.5) is 5.69 Å². The number of benzene rings is 2. The number of likely N-dealkylation sites (tertiary alicyclic amines) is 1. The van der Waals surface area contributed by atoms with E-state index in [-0.39, 0.29) is 5.91 Å². The number of likely N-dealkylation sites (N-methyl/N-ethyl adjacent to an activating group) is 1. The first kappa shape index (κ1) is 22.4. The lowest BCUT2D eigenvalue weighted by atomic mass is 10.3. The molecule has 0 saturated carbocycles. The number of carbonyl (C=O) groups excluding carboxylic acids is 1. The van der Waals surface area contributed by atoms with Gasteiger partial charge in [-0.25, -0.2) is 9.59 Å². The van der Waals surface area contributed by atoms with E-state index in [9.17, 15) is 4.79 Å². The molecule has 0 spiro atoms. The number of amides is 1. The van der Waals surface area contributed by atoms with Crippen molar-refractivity contribution in [3.63, 3.8) is 0 Å². The molecule has 2 aromatic carbocycles. The summed E-state index contributed by atoms with van der Waals surface area (Å²) in [6, 6.07) is 18.5. The van der Waals surface area contributed by atoms with E-state index in [4.69, 9.17) is 19.8 Å². The van der Waals surface area contributed by atoms with Crippen LogP contribution in [0.25, 0.3) is 0 Å². The van der Waals surface area contributed by atoms with Gasteiger partial charge in [0.05, 0.1) is 6.54 Å². The second kappa shape index (κ2) is 11.2. The van der Waals surface area contributed by atoms with E-state index >= 15 is 0 Å². The number of carboxylic acid groups (broad SMARTS) is 2. The fourth-order valence-electron chi connectivity index (χ4n) is 2.74. The number of aliphatic carboxylic acids is 2. The van der Waals surface area contributed by atoms with Crippen LogP contribution in [-0.2, 0) is 14.4 Å². The topological polar surface area (TPSA) is 98.2 Å². The predicted molar refractivity (Wildman–Crippen MR) is 111 cm³/mol. The maximum Gasteiger partial charge on any atom is 0.414 e. The summed E-state index contributed by atoms with van der Waals surface area (Å²) >= 11 is 1.73. The van der Waals surface area contributed by atoms with Crippen LogP contribution in [0.15, 0.2) is 64.4 Å². The molecule has 0 aromatic heterocycles. The molecule has 3 rings (SSSR count). The van der Waals surface area contributed by atoms with Crippen LogP contribution < -0.4 is 4.90 Å². The fraction of sp³-hybridized carbons (Fsp3) is 0.286. The zero-order valence-electron chi connectivity index (χ0n) is 16.2. The molecule has 0 bridgehead atoms. The summed E-state index contributed by atoms with van der Waals surface area (Å²) in [5.74, 6) is -3.49. The zero-order valence-corrected chi connectivity index (χ0v) is 17.0. The lowest BCUT2D eigenvalue weighted by Crippen LogP contribution is -2.37. The van der Waals surface area contributed by atoms with E-state index in [1.807, 2.05) is 37.4 Å². The molecule has 29 heavy (non-hydrogen) atoms. The minimum Gasteiger partial charge on any atom is -0.473 e. The van der Waals surface area contributed by atoms with Crippen LogP contribution in [0.5, 0.6) is 0 Å². The summed E-state index contributed by atoms with van der Waals surface area (Å²) in [6.07, 6.45) is 2.42. The van der Waals surface area contributed by atoms with Crippen molar-refractivity contribution in [3.8, 4) is 0 Å². The van der Waals surface area contributed by atoms with Crippen LogP contribution in [0, 0.1) is 0 Å². The molecule has 1 saturated heterocycles. The molecular formula is C21H24N2O5S. The second-order valence-electron chi connectivity index (χ2n) is 6.46. The first-order valence-corrected chi connectivity index (χ1v) is 9.96. The summed E-state index contributed by atoms with van der Waals surface area (Å²) in [5.41, 5.74) is 0.951. The highest BCUT2D eigenvalue weighted by molar-refractivity contribution is 7.99. The SMILES string of the molecule is CN(C(=O)CN1CCCC1)c1ccc(Sc2ccccc2)cc1.O=C(O)C(=O)O. The number of hydrogen-bond donors (Lipinski definition) is 2. The van der Waals surface area contributed by atoms with Crippen molar-refractivity contribution >= 4 is 35.3 Å². The quantitative estimate of drug-likeness (QED) is 0.723. The molecule has 0 unspecified atom stereocenters. The van der Waals surface area contributed by atoms with Gasteiger partial charge in [0.25, 0.3) is 0 Å². The van der Waals surface area contributed by atoms with Crippen molar-refractivity contribution in [2.75, 3.05) is 31.6 Å². The van der Waals surface area contributed by atoms with Gasteiger partial charge in [-0.2, -0.15) is 0 Å². The van der Waals surface area contributed by atoms with Crippen molar-refractivity contribution < 1.29 is 24.6 Å². The summed E-state index contributed by atoms with van der Waals surface area (Å²) < 4.78 is 0. The Hall–Kier alpha value is -2.84. The average Bonchev–Trinajstić information content (AvgIpc) is 3.22. The largest absolute Gasteiger partial charge is 0.473 e. The highest BCUT2D eigenvalue weighted by Gasteiger charge is 2.18. The highest BCUT2D eigenvalue weighted by Crippen LogP contribution is 2.28. The van der Waals surface area contributed by atoms with Gasteiger partial charge < -0.3 is 15.1 Å². The van der Waals surface area contributed by atoms with Gasteiger partial charge in [0.15, 0.2) is 0 Å². The van der Waals surface area contributed by atoms with E-state index < -0.39 is 11.9 Å². The molecule has 2 aromatic rings. The number of anilines is 1. The van der Waals surface area contributed by atoms with Crippen LogP contribution in [0.3, 0.4) is 0 Å². The third-order valence-corrected chi connectivity index (χ3v) is 5.33. The second-order valence-corrected chi connectivity index (χ2v) is 7.60. The molecular weight excluding hydrogens is 392 g/mol. The predicted octanol–water partition coefficient (Wildman–Crippen LogP) is 3.05. The molecule has 1 aliphatic rings. The summed E-state index contributed by atoms with van der Waals surface area (Å²) in [6.45, 7) is 2.62. The minimum atomic E-state index is -1.82. The molecule has 0 aliphatic carbocycles. The minimum absolute atomic E-state index is 0.162. The summed E-state index contributed by atoms with van der Waals surface area (Å²) in [5, 5.41) is 14.8. The Morgan fingerprint density at radius 1 is 0.897 bits per heavy atom. The number of carboxylic acids is 2. The van der Waals surface area contributed by atoms with Crippen LogP contribution >= 0.6 is 11.8 Å². The van der Waals surface area contributed by atoms with E-state index in [1.165, 1.54) is 22.6 Å². The number of carbonyl (C=O) groups is 3. The van der Waals surface area contributed by atoms with Crippen molar-refractivity contribution in [3.05, 3.63) is 54.6 Å². The van der Waals surface area contributed by atoms with Crippen molar-refractivity contribution in [2.24, 2.45) is 0 Å². The van der Waals surface area contributed by atoms with Gasteiger partial charge in [0.1, 0.15) is 0 Å². The molecule has 1 fully saturated rings. The first-order valence-electron chi connectivity index (χ1n) is 9.15. The molecule has 1 amide bonds. The molecule has 2 N–H and O–H groups in total.